The first-order valence-corrected chi connectivity index (χ1v) is 8.53. The third kappa shape index (κ3) is 3.97. The number of piperazine rings is 1. The third-order valence-corrected chi connectivity index (χ3v) is 4.54. The molecule has 0 radical (unpaired) electrons. The maximum atomic E-state index is 12.2. The van der Waals surface area contributed by atoms with Crippen molar-refractivity contribution in [2.24, 2.45) is 0 Å². The standard InChI is InChI=1S/C19H25N3O2/c1-15(2)21-9-11-22(12-10-21)17-7-5-16(6-8-17)19(23)20-14-18-4-3-13-24-18/h3-8,13,15H,9-12,14H2,1-2H3,(H,20,23). The van der Waals surface area contributed by atoms with E-state index in [2.05, 4.69) is 29.0 Å². The van der Waals surface area contributed by atoms with Crippen LogP contribution < -0.4 is 10.2 Å². The van der Waals surface area contributed by atoms with E-state index in [1.165, 1.54) is 5.69 Å². The maximum Gasteiger partial charge on any atom is 0.251 e. The number of amides is 1. The Bertz CT molecular complexity index is 642. The van der Waals surface area contributed by atoms with E-state index in [4.69, 9.17) is 4.42 Å². The number of hydrogen-bond donors (Lipinski definition) is 1. The number of rotatable bonds is 5. The molecule has 1 fully saturated rings. The van der Waals surface area contributed by atoms with Crippen molar-refractivity contribution in [1.82, 2.24) is 10.2 Å². The zero-order valence-electron chi connectivity index (χ0n) is 14.4. The number of anilines is 1. The van der Waals surface area contributed by atoms with E-state index >= 15 is 0 Å². The van der Waals surface area contributed by atoms with Crippen molar-refractivity contribution in [2.75, 3.05) is 31.1 Å². The molecule has 0 atom stereocenters. The van der Waals surface area contributed by atoms with Gasteiger partial charge in [-0.05, 0) is 50.2 Å². The van der Waals surface area contributed by atoms with Crippen molar-refractivity contribution < 1.29 is 9.21 Å². The molecule has 0 bridgehead atoms. The molecule has 128 valence electrons. The van der Waals surface area contributed by atoms with Gasteiger partial charge in [0.05, 0.1) is 12.8 Å². The van der Waals surface area contributed by atoms with Crippen LogP contribution in [0.2, 0.25) is 0 Å². The van der Waals surface area contributed by atoms with Gasteiger partial charge in [-0.2, -0.15) is 0 Å². The molecule has 1 saturated heterocycles. The molecule has 0 unspecified atom stereocenters. The summed E-state index contributed by atoms with van der Waals surface area (Å²) in [5, 5.41) is 2.87. The van der Waals surface area contributed by atoms with Crippen molar-refractivity contribution in [3.05, 3.63) is 54.0 Å². The average Bonchev–Trinajstić information content (AvgIpc) is 3.13. The topological polar surface area (TPSA) is 48.7 Å². The largest absolute Gasteiger partial charge is 0.467 e. The smallest absolute Gasteiger partial charge is 0.251 e. The first-order valence-electron chi connectivity index (χ1n) is 8.53. The van der Waals surface area contributed by atoms with E-state index < -0.39 is 0 Å². The van der Waals surface area contributed by atoms with Crippen molar-refractivity contribution in [3.8, 4) is 0 Å². The SMILES string of the molecule is CC(C)N1CCN(c2ccc(C(=O)NCc3ccco3)cc2)CC1. The predicted octanol–water partition coefficient (Wildman–Crippen LogP) is 2.74. The summed E-state index contributed by atoms with van der Waals surface area (Å²) in [5.41, 5.74) is 1.85. The van der Waals surface area contributed by atoms with Gasteiger partial charge < -0.3 is 14.6 Å². The lowest BCUT2D eigenvalue weighted by Crippen LogP contribution is -2.48. The summed E-state index contributed by atoms with van der Waals surface area (Å²) in [6, 6.07) is 12.1. The number of hydrogen-bond acceptors (Lipinski definition) is 4. The first-order chi connectivity index (χ1) is 11.6. The van der Waals surface area contributed by atoms with E-state index in [1.54, 1.807) is 6.26 Å². The number of nitrogens with zero attached hydrogens (tertiary/aromatic N) is 2. The van der Waals surface area contributed by atoms with Crippen LogP contribution in [-0.4, -0.2) is 43.0 Å². The summed E-state index contributed by atoms with van der Waals surface area (Å²) in [4.78, 5) is 17.0. The second-order valence-electron chi connectivity index (χ2n) is 6.43. The molecule has 1 amide bonds. The Morgan fingerprint density at radius 3 is 2.42 bits per heavy atom. The molecule has 2 heterocycles. The van der Waals surface area contributed by atoms with Gasteiger partial charge in [0.25, 0.3) is 5.91 Å². The fraction of sp³-hybridized carbons (Fsp3) is 0.421. The van der Waals surface area contributed by atoms with Gasteiger partial charge in [-0.3, -0.25) is 9.69 Å². The quantitative estimate of drug-likeness (QED) is 0.917. The van der Waals surface area contributed by atoms with Crippen molar-refractivity contribution >= 4 is 11.6 Å². The Kier molecular flexibility index (Phi) is 5.20. The Balaban J connectivity index is 1.54. The highest BCUT2D eigenvalue weighted by atomic mass is 16.3. The van der Waals surface area contributed by atoms with Crippen LogP contribution >= 0.6 is 0 Å². The fourth-order valence-electron chi connectivity index (χ4n) is 3.00. The van der Waals surface area contributed by atoms with Crippen LogP contribution in [0.4, 0.5) is 5.69 Å². The molecule has 0 aliphatic carbocycles. The van der Waals surface area contributed by atoms with Crippen LogP contribution in [0.5, 0.6) is 0 Å². The summed E-state index contributed by atoms with van der Waals surface area (Å²) in [5.74, 6) is 0.672. The van der Waals surface area contributed by atoms with Gasteiger partial charge in [0.15, 0.2) is 0 Å². The number of furan rings is 1. The molecule has 1 aromatic heterocycles. The summed E-state index contributed by atoms with van der Waals surface area (Å²) >= 11 is 0. The number of carbonyl (C=O) groups is 1. The predicted molar refractivity (Wildman–Crippen MR) is 95.2 cm³/mol. The zero-order valence-corrected chi connectivity index (χ0v) is 14.4. The molecule has 3 rings (SSSR count). The number of nitrogens with one attached hydrogen (secondary N) is 1. The minimum atomic E-state index is -0.0809. The molecule has 0 spiro atoms. The van der Waals surface area contributed by atoms with Crippen molar-refractivity contribution in [3.63, 3.8) is 0 Å². The van der Waals surface area contributed by atoms with Crippen LogP contribution in [0, 0.1) is 0 Å². The Labute approximate surface area is 143 Å². The summed E-state index contributed by atoms with van der Waals surface area (Å²) in [6.07, 6.45) is 1.61. The van der Waals surface area contributed by atoms with Gasteiger partial charge in [0.1, 0.15) is 5.76 Å². The van der Waals surface area contributed by atoms with Gasteiger partial charge in [-0.15, -0.1) is 0 Å². The molecular formula is C19H25N3O2. The summed E-state index contributed by atoms with van der Waals surface area (Å²) in [6.45, 7) is 9.12. The van der Waals surface area contributed by atoms with E-state index in [9.17, 15) is 4.79 Å². The summed E-state index contributed by atoms with van der Waals surface area (Å²) in [7, 11) is 0. The van der Waals surface area contributed by atoms with Crippen molar-refractivity contribution in [2.45, 2.75) is 26.4 Å². The average molecular weight is 327 g/mol. The van der Waals surface area contributed by atoms with Gasteiger partial charge >= 0.3 is 0 Å². The normalized spacial score (nSPS) is 15.7. The van der Waals surface area contributed by atoms with Gasteiger partial charge in [-0.1, -0.05) is 0 Å². The third-order valence-electron chi connectivity index (χ3n) is 4.54. The maximum absolute atomic E-state index is 12.2. The summed E-state index contributed by atoms with van der Waals surface area (Å²) < 4.78 is 5.22. The van der Waals surface area contributed by atoms with E-state index in [-0.39, 0.29) is 5.91 Å². The molecule has 2 aromatic rings. The highest BCUT2D eigenvalue weighted by molar-refractivity contribution is 5.94. The van der Waals surface area contributed by atoms with E-state index in [0.29, 0.717) is 18.2 Å². The molecule has 24 heavy (non-hydrogen) atoms. The second-order valence-corrected chi connectivity index (χ2v) is 6.43. The molecular weight excluding hydrogens is 302 g/mol. The van der Waals surface area contributed by atoms with Crippen molar-refractivity contribution in [1.29, 1.82) is 0 Å². The van der Waals surface area contributed by atoms with Gasteiger partial charge in [0.2, 0.25) is 0 Å². The lowest BCUT2D eigenvalue weighted by atomic mass is 10.1. The lowest BCUT2D eigenvalue weighted by Gasteiger charge is -2.38. The van der Waals surface area contributed by atoms with Gasteiger partial charge in [0, 0.05) is 43.5 Å². The molecule has 5 heteroatoms. The van der Waals surface area contributed by atoms with Crippen LogP contribution in [0.3, 0.4) is 0 Å². The highest BCUT2D eigenvalue weighted by Crippen LogP contribution is 2.18. The van der Waals surface area contributed by atoms with E-state index in [1.807, 2.05) is 36.4 Å². The number of benzene rings is 1. The minimum absolute atomic E-state index is 0.0809. The van der Waals surface area contributed by atoms with Crippen LogP contribution in [0.1, 0.15) is 30.0 Å². The molecule has 1 N–H and O–H groups in total. The van der Waals surface area contributed by atoms with Crippen LogP contribution in [0.15, 0.2) is 47.1 Å². The highest BCUT2D eigenvalue weighted by Gasteiger charge is 2.19. The van der Waals surface area contributed by atoms with Crippen LogP contribution in [0.25, 0.3) is 0 Å². The number of carbonyl (C=O) groups excluding carboxylic acids is 1. The first kappa shape index (κ1) is 16.6. The minimum Gasteiger partial charge on any atom is -0.467 e. The monoisotopic (exact) mass is 327 g/mol. The fourth-order valence-corrected chi connectivity index (χ4v) is 3.00. The van der Waals surface area contributed by atoms with Gasteiger partial charge in [-0.25, -0.2) is 0 Å². The Morgan fingerprint density at radius 1 is 1.12 bits per heavy atom. The molecule has 0 saturated carbocycles. The second kappa shape index (κ2) is 7.53. The Hall–Kier alpha value is -2.27. The van der Waals surface area contributed by atoms with E-state index in [0.717, 1.165) is 31.9 Å². The lowest BCUT2D eigenvalue weighted by molar-refractivity contribution is 0.0948. The van der Waals surface area contributed by atoms with Crippen LogP contribution in [-0.2, 0) is 6.54 Å². The Morgan fingerprint density at radius 2 is 1.83 bits per heavy atom. The zero-order chi connectivity index (χ0) is 16.9. The molecule has 1 aliphatic rings. The molecule has 5 nitrogen and oxygen atoms in total. The molecule has 1 aromatic carbocycles. The molecule has 1 aliphatic heterocycles.